The lowest BCUT2D eigenvalue weighted by Crippen LogP contribution is -2.44. The van der Waals surface area contributed by atoms with Crippen LogP contribution in [-0.2, 0) is 18.7 Å². The molecule has 2 aliphatic carbocycles. The van der Waals surface area contributed by atoms with E-state index in [4.69, 9.17) is 13.9 Å². The molecule has 0 aromatic rings. The summed E-state index contributed by atoms with van der Waals surface area (Å²) in [7, 11) is -1.77. The van der Waals surface area contributed by atoms with Gasteiger partial charge in [-0.2, -0.15) is 0 Å². The van der Waals surface area contributed by atoms with E-state index in [1.807, 2.05) is 6.92 Å². The van der Waals surface area contributed by atoms with Gasteiger partial charge in [0.1, 0.15) is 0 Å². The van der Waals surface area contributed by atoms with Gasteiger partial charge in [-0.1, -0.05) is 33.6 Å². The van der Waals surface area contributed by atoms with Crippen LogP contribution in [0.5, 0.6) is 0 Å². The van der Waals surface area contributed by atoms with Crippen LogP contribution in [0.3, 0.4) is 0 Å². The Labute approximate surface area is 161 Å². The van der Waals surface area contributed by atoms with Gasteiger partial charge in [0.25, 0.3) is 0 Å². The Hall–Kier alpha value is -0.393. The zero-order valence-corrected chi connectivity index (χ0v) is 19.2. The first-order valence-electron chi connectivity index (χ1n) is 10.5. The molecule has 5 atom stereocenters. The molecule has 0 bridgehead atoms. The molecule has 0 amide bonds. The fraction of sp³-hybridized carbons (Fsp3) is 0.952. The molecular weight excluding hydrogens is 344 g/mol. The number of carbonyl (C=O) groups excluding carboxylic acids is 1. The minimum atomic E-state index is -1.77. The Morgan fingerprint density at radius 2 is 1.85 bits per heavy atom. The van der Waals surface area contributed by atoms with E-state index >= 15 is 0 Å². The molecule has 2 fully saturated rings. The van der Waals surface area contributed by atoms with Crippen molar-refractivity contribution < 1.29 is 18.7 Å². The van der Waals surface area contributed by atoms with E-state index in [1.165, 1.54) is 6.42 Å². The summed E-state index contributed by atoms with van der Waals surface area (Å²) < 4.78 is 18.3. The third-order valence-corrected chi connectivity index (χ3v) is 11.3. The number of hydrogen-bond donors (Lipinski definition) is 0. The number of carbonyl (C=O) groups is 1. The second-order valence-electron chi connectivity index (χ2n) is 9.89. The normalized spacial score (nSPS) is 31.1. The van der Waals surface area contributed by atoms with Gasteiger partial charge in [0, 0.05) is 12.0 Å². The van der Waals surface area contributed by atoms with Crippen LogP contribution in [0.25, 0.3) is 0 Å². The van der Waals surface area contributed by atoms with Crippen LogP contribution in [0, 0.1) is 11.8 Å². The van der Waals surface area contributed by atoms with Gasteiger partial charge in [-0.15, -0.1) is 0 Å². The summed E-state index contributed by atoms with van der Waals surface area (Å²) >= 11 is 0. The molecule has 0 unspecified atom stereocenters. The highest BCUT2D eigenvalue weighted by molar-refractivity contribution is 6.74. The fourth-order valence-corrected chi connectivity index (χ4v) is 5.90. The Morgan fingerprint density at radius 3 is 2.42 bits per heavy atom. The third-order valence-electron chi connectivity index (χ3n) is 6.71. The van der Waals surface area contributed by atoms with Gasteiger partial charge in [-0.25, -0.2) is 0 Å². The van der Waals surface area contributed by atoms with Gasteiger partial charge < -0.3 is 13.9 Å². The Bertz CT molecular complexity index is 499. The highest BCUT2D eigenvalue weighted by Crippen LogP contribution is 2.62. The molecule has 0 N–H and O–H groups in total. The van der Waals surface area contributed by atoms with Gasteiger partial charge in [0.15, 0.2) is 8.32 Å². The maximum Gasteiger partial charge on any atom is 0.312 e. The van der Waals surface area contributed by atoms with Crippen molar-refractivity contribution in [3.63, 3.8) is 0 Å². The molecule has 0 saturated heterocycles. The maximum absolute atomic E-state index is 12.4. The van der Waals surface area contributed by atoms with Crippen molar-refractivity contribution in [1.82, 2.24) is 0 Å². The van der Waals surface area contributed by atoms with Crippen molar-refractivity contribution in [3.05, 3.63) is 0 Å². The topological polar surface area (TPSA) is 44.8 Å². The number of fused-ring (bicyclic) bond motifs is 1. The van der Waals surface area contributed by atoms with Gasteiger partial charge in [-0.3, -0.25) is 4.79 Å². The molecule has 2 saturated carbocycles. The largest absolute Gasteiger partial charge is 0.466 e. The lowest BCUT2D eigenvalue weighted by molar-refractivity contribution is -0.148. The number of hydrogen-bond acceptors (Lipinski definition) is 4. The summed E-state index contributed by atoms with van der Waals surface area (Å²) in [6.45, 7) is 18.0. The molecule has 0 aromatic carbocycles. The van der Waals surface area contributed by atoms with E-state index < -0.39 is 8.32 Å². The van der Waals surface area contributed by atoms with E-state index in [0.717, 1.165) is 25.7 Å². The van der Waals surface area contributed by atoms with Crippen LogP contribution in [0.4, 0.5) is 0 Å². The molecule has 0 heterocycles. The van der Waals surface area contributed by atoms with Crippen molar-refractivity contribution in [2.24, 2.45) is 11.8 Å². The molecule has 2 aliphatic rings. The van der Waals surface area contributed by atoms with Crippen LogP contribution >= 0.6 is 0 Å². The zero-order valence-electron chi connectivity index (χ0n) is 18.2. The maximum atomic E-state index is 12.4. The summed E-state index contributed by atoms with van der Waals surface area (Å²) in [5, 5.41) is 0.212. The van der Waals surface area contributed by atoms with Crippen LogP contribution in [-0.4, -0.2) is 38.7 Å². The second kappa shape index (κ2) is 7.92. The Morgan fingerprint density at radius 1 is 1.19 bits per heavy atom. The molecule has 5 heteroatoms. The molecule has 26 heavy (non-hydrogen) atoms. The van der Waals surface area contributed by atoms with E-state index in [-0.39, 0.29) is 34.7 Å². The minimum absolute atomic E-state index is 0.0518. The second-order valence-corrected chi connectivity index (χ2v) is 14.6. The highest BCUT2D eigenvalue weighted by Gasteiger charge is 2.70. The first-order chi connectivity index (χ1) is 11.9. The molecule has 0 spiro atoms. The van der Waals surface area contributed by atoms with Crippen LogP contribution in [0.2, 0.25) is 18.1 Å². The Balaban J connectivity index is 1.94. The molecule has 0 aliphatic heterocycles. The Kier molecular flexibility index (Phi) is 6.67. The smallest absolute Gasteiger partial charge is 0.312 e. The van der Waals surface area contributed by atoms with Gasteiger partial charge >= 0.3 is 5.97 Å². The monoisotopic (exact) mass is 384 g/mol. The summed E-state index contributed by atoms with van der Waals surface area (Å²) in [4.78, 5) is 12.4. The molecule has 4 nitrogen and oxygen atoms in total. The quantitative estimate of drug-likeness (QED) is 0.420. The first-order valence-corrected chi connectivity index (χ1v) is 13.4. The minimum Gasteiger partial charge on any atom is -0.466 e. The number of ether oxygens (including phenoxy) is 2. The van der Waals surface area contributed by atoms with Gasteiger partial charge in [-0.05, 0) is 58.2 Å². The fourth-order valence-electron chi connectivity index (χ4n) is 4.44. The highest BCUT2D eigenvalue weighted by atomic mass is 28.4. The zero-order chi connectivity index (χ0) is 19.8. The predicted molar refractivity (Wildman–Crippen MR) is 108 cm³/mol. The summed E-state index contributed by atoms with van der Waals surface area (Å²) in [5.41, 5.74) is -0.263. The van der Waals surface area contributed by atoms with Crippen molar-refractivity contribution in [3.8, 4) is 0 Å². The predicted octanol–water partition coefficient (Wildman–Crippen LogP) is 5.31. The summed E-state index contributed by atoms with van der Waals surface area (Å²) in [6.07, 6.45) is 5.56. The summed E-state index contributed by atoms with van der Waals surface area (Å²) in [6, 6.07) is 0. The van der Waals surface area contributed by atoms with Crippen molar-refractivity contribution in [2.45, 2.75) is 110 Å². The van der Waals surface area contributed by atoms with Crippen LogP contribution < -0.4 is 0 Å². The van der Waals surface area contributed by atoms with Gasteiger partial charge in [0.05, 0.1) is 24.2 Å². The average molecular weight is 385 g/mol. The number of esters is 1. The van der Waals surface area contributed by atoms with E-state index in [1.54, 1.807) is 0 Å². The third kappa shape index (κ3) is 4.53. The van der Waals surface area contributed by atoms with Gasteiger partial charge in [0.2, 0.25) is 0 Å². The molecule has 0 aromatic heterocycles. The molecule has 0 radical (unpaired) electrons. The van der Waals surface area contributed by atoms with Crippen LogP contribution in [0.1, 0.15) is 73.6 Å². The SMILES string of the molecule is CCOC(=O)[C@H]1[C@@H]2CCCC[C@@]21O[C@H](C)C[C@@H](C)O[Si](C)(C)C(C)(C)C. The average Bonchev–Trinajstić information content (AvgIpc) is 3.13. The molecular formula is C21H40O4Si. The number of rotatable bonds is 8. The standard InChI is InChI=1S/C21H40O4Si/c1-9-23-19(22)18-17-12-10-11-13-21(17,18)24-15(2)14-16(3)25-26(7,8)20(4,5)6/h15-18H,9-14H2,1-8H3/t15-,16-,17+,18-,21-/m1/s1. The van der Waals surface area contributed by atoms with E-state index in [2.05, 4.69) is 47.7 Å². The van der Waals surface area contributed by atoms with E-state index in [0.29, 0.717) is 12.5 Å². The lowest BCUT2D eigenvalue weighted by atomic mass is 9.97. The molecule has 2 rings (SSSR count). The van der Waals surface area contributed by atoms with E-state index in [9.17, 15) is 4.79 Å². The van der Waals surface area contributed by atoms with Crippen molar-refractivity contribution in [2.75, 3.05) is 6.61 Å². The first kappa shape index (κ1) is 21.9. The lowest BCUT2D eigenvalue weighted by Gasteiger charge is -2.39. The molecule has 152 valence electrons. The van der Waals surface area contributed by atoms with Crippen molar-refractivity contribution in [1.29, 1.82) is 0 Å². The summed E-state index contributed by atoms with van der Waals surface area (Å²) in [5.74, 6) is 0.246. The van der Waals surface area contributed by atoms with Crippen LogP contribution in [0.15, 0.2) is 0 Å². The van der Waals surface area contributed by atoms with Crippen molar-refractivity contribution >= 4 is 14.3 Å².